The third kappa shape index (κ3) is 16.9. The van der Waals surface area contributed by atoms with Crippen LogP contribution in [-0.2, 0) is 54.0 Å². The highest BCUT2D eigenvalue weighted by Crippen LogP contribution is 2.41. The lowest BCUT2D eigenvalue weighted by atomic mass is 9.77. The van der Waals surface area contributed by atoms with Crippen molar-refractivity contribution in [2.45, 2.75) is 192 Å². The van der Waals surface area contributed by atoms with Crippen LogP contribution in [0.25, 0.3) is 6.08 Å². The van der Waals surface area contributed by atoms with Gasteiger partial charge in [-0.1, -0.05) is 79.2 Å². The number of alkyl carbamates (subject to hydrolysis) is 1. The second-order valence-corrected chi connectivity index (χ2v) is 23.2. The van der Waals surface area contributed by atoms with E-state index in [-0.39, 0.29) is 43.9 Å². The number of benzene rings is 2. The summed E-state index contributed by atoms with van der Waals surface area (Å²) in [5, 5.41) is 40.2. The number of nitrogens with one attached hydrogen (secondary N) is 3. The van der Waals surface area contributed by atoms with Gasteiger partial charge in [-0.2, -0.15) is 0 Å². The summed E-state index contributed by atoms with van der Waals surface area (Å²) in [5.74, 6) is -3.75. The third-order valence-corrected chi connectivity index (χ3v) is 16.0. The Balaban J connectivity index is 1.48. The van der Waals surface area contributed by atoms with Gasteiger partial charge in [0.25, 0.3) is 5.91 Å². The Labute approximate surface area is 463 Å². The molecule has 20 nitrogen and oxygen atoms in total. The molecule has 432 valence electrons. The molecule has 3 heterocycles. The van der Waals surface area contributed by atoms with Crippen molar-refractivity contribution in [3.8, 4) is 0 Å². The topological polar surface area (TPSA) is 245 Å². The monoisotopic (exact) mass is 1150 g/mol. The first-order valence-electron chi connectivity index (χ1n) is 26.7. The average Bonchev–Trinajstić information content (AvgIpc) is 3.37. The van der Waals surface area contributed by atoms with Gasteiger partial charge in [-0.15, -0.1) is 0 Å². The Hall–Kier alpha value is -4.26. The van der Waals surface area contributed by atoms with Crippen molar-refractivity contribution >= 4 is 46.1 Å². The van der Waals surface area contributed by atoms with Crippen LogP contribution < -0.4 is 16.2 Å². The highest BCUT2D eigenvalue weighted by atomic mass is 79.9. The molecular weight excluding hydrogens is 1060 g/mol. The van der Waals surface area contributed by atoms with E-state index in [1.54, 1.807) is 47.6 Å². The van der Waals surface area contributed by atoms with Gasteiger partial charge in [0, 0.05) is 55.2 Å². The zero-order valence-corrected chi connectivity index (χ0v) is 48.9. The first-order chi connectivity index (χ1) is 36.1. The number of aliphatic hydroxyl groups excluding tert-OH is 1. The van der Waals surface area contributed by atoms with Crippen molar-refractivity contribution in [2.24, 2.45) is 17.8 Å². The number of aliphatic hydroxyl groups is 3. The molecule has 3 amide bonds. The Bertz CT molecular complexity index is 2260. The van der Waals surface area contributed by atoms with Gasteiger partial charge in [0.2, 0.25) is 0 Å². The molecule has 5 rings (SSSR count). The number of carbonyl (C=O) groups is 4. The van der Waals surface area contributed by atoms with Crippen LogP contribution in [0.5, 0.6) is 0 Å². The smallest absolute Gasteiger partial charge is 0.426 e. The van der Waals surface area contributed by atoms with Crippen molar-refractivity contribution in [3.05, 3.63) is 76.3 Å². The van der Waals surface area contributed by atoms with E-state index in [0.717, 1.165) is 15.6 Å². The Kier molecular flexibility index (Phi) is 22.9. The van der Waals surface area contributed by atoms with E-state index in [1.807, 2.05) is 106 Å². The molecule has 0 saturated carbocycles. The zero-order chi connectivity index (χ0) is 57.2. The summed E-state index contributed by atoms with van der Waals surface area (Å²) in [6.45, 7) is 17.8. The summed E-state index contributed by atoms with van der Waals surface area (Å²) in [4.78, 5) is 58.3. The summed E-state index contributed by atoms with van der Waals surface area (Å²) in [6.07, 6.45) is -8.83. The Morgan fingerprint density at radius 1 is 0.883 bits per heavy atom. The number of ether oxygens (including phenoxy) is 8. The van der Waals surface area contributed by atoms with Crippen LogP contribution in [0, 0.1) is 17.8 Å². The summed E-state index contributed by atoms with van der Waals surface area (Å²) < 4.78 is 51.8. The second-order valence-electron chi connectivity index (χ2n) is 22.3. The van der Waals surface area contributed by atoms with E-state index in [0.29, 0.717) is 13.0 Å². The van der Waals surface area contributed by atoms with Gasteiger partial charge in [0.05, 0.1) is 35.9 Å². The maximum absolute atomic E-state index is 14.9. The van der Waals surface area contributed by atoms with Crippen molar-refractivity contribution in [3.63, 3.8) is 0 Å². The molecule has 3 fully saturated rings. The maximum Gasteiger partial charge on any atom is 0.426 e. The van der Waals surface area contributed by atoms with Gasteiger partial charge in [0.15, 0.2) is 24.8 Å². The van der Waals surface area contributed by atoms with E-state index in [2.05, 4.69) is 32.1 Å². The molecule has 0 bridgehead atoms. The van der Waals surface area contributed by atoms with Gasteiger partial charge in [-0.3, -0.25) is 19.9 Å². The molecule has 0 spiro atoms. The number of rotatable bonds is 13. The number of hydrogen-bond acceptors (Lipinski definition) is 17. The Morgan fingerprint density at radius 2 is 1.53 bits per heavy atom. The van der Waals surface area contributed by atoms with Crippen molar-refractivity contribution in [2.75, 3.05) is 34.8 Å². The maximum atomic E-state index is 14.9. The van der Waals surface area contributed by atoms with Crippen LogP contribution >= 0.6 is 15.9 Å². The molecule has 0 radical (unpaired) electrons. The molecule has 3 aliphatic heterocycles. The van der Waals surface area contributed by atoms with E-state index < -0.39 is 114 Å². The predicted octanol–water partition coefficient (Wildman–Crippen LogP) is 6.08. The molecule has 2 aromatic rings. The van der Waals surface area contributed by atoms with Crippen molar-refractivity contribution < 1.29 is 72.4 Å². The molecule has 21 heteroatoms. The third-order valence-electron chi connectivity index (χ3n) is 15.5. The molecule has 18 atom stereocenters. The van der Waals surface area contributed by atoms with Gasteiger partial charge >= 0.3 is 18.2 Å². The van der Waals surface area contributed by atoms with Gasteiger partial charge in [-0.25, -0.2) is 15.0 Å². The van der Waals surface area contributed by atoms with Gasteiger partial charge in [0.1, 0.15) is 23.4 Å². The van der Waals surface area contributed by atoms with Gasteiger partial charge in [-0.05, 0) is 124 Å². The number of methoxy groups -OCH3 is 1. The number of nitrogens with zero attached hydrogens (tertiary/aromatic N) is 2. The number of amides is 3. The second kappa shape index (κ2) is 27.8. The Morgan fingerprint density at radius 3 is 2.16 bits per heavy atom. The fourth-order valence-electron chi connectivity index (χ4n) is 11.1. The van der Waals surface area contributed by atoms with Crippen molar-refractivity contribution in [1.82, 2.24) is 26.0 Å². The fourth-order valence-corrected chi connectivity index (χ4v) is 11.4. The molecule has 3 saturated heterocycles. The number of hydrazine groups is 1. The van der Waals surface area contributed by atoms with Crippen molar-refractivity contribution in [1.29, 1.82) is 0 Å². The summed E-state index contributed by atoms with van der Waals surface area (Å²) in [7, 11) is 7.00. The largest absolute Gasteiger partial charge is 0.459 e. The molecule has 0 unspecified atom stereocenters. The van der Waals surface area contributed by atoms with Gasteiger partial charge < -0.3 is 63.4 Å². The van der Waals surface area contributed by atoms with Crippen LogP contribution in [0.2, 0.25) is 0 Å². The van der Waals surface area contributed by atoms with E-state index in [9.17, 15) is 34.5 Å². The number of likely N-dealkylation sites (N-methyl/N-ethyl adjacent to an activating group) is 2. The fraction of sp³-hybridized carbons (Fsp3) is 0.679. The quantitative estimate of drug-likeness (QED) is 0.0576. The molecule has 3 aliphatic rings. The van der Waals surface area contributed by atoms with Crippen LogP contribution in [0.3, 0.4) is 0 Å². The summed E-state index contributed by atoms with van der Waals surface area (Å²) in [6, 6.07) is 15.6. The van der Waals surface area contributed by atoms with E-state index in [1.165, 1.54) is 20.1 Å². The standard InChI is InChI=1S/C56H86BrN5O15/c1-15-42-56(10,69)48(76-52(66)58-30-39-19-17-16-18-20-39)36(6)62(13)31-32(2)28-54(8,68)47(75-51-45(64)41(61(11)12)27-33(3)71-51)34(4)46(35(5)50(65)73-42)74-44-29-55(9,70-14)49(37(7)72-44)77-53(67)60-59-43(63)26-23-38-21-24-40(57)25-22-38/h16-26,32-37,41-42,44-49,51,64,68-69H,15,27-31H2,1-14H3,(H,58,66)(H,59,63)(H,60,67)/b26-23+/t32-,33-,34-,35-,36-,37+,41+,42+,44+,45-,46+,47-,48-,49+,51+,54-,55-,56-/m0/s1. The normalized spacial score (nSPS) is 37.0. The lowest BCUT2D eigenvalue weighted by Crippen LogP contribution is -2.61. The lowest BCUT2D eigenvalue weighted by molar-refractivity contribution is -0.317. The first kappa shape index (κ1) is 63.6. The molecular formula is C56H86BrN5O15. The van der Waals surface area contributed by atoms with Crippen LogP contribution in [0.1, 0.15) is 106 Å². The minimum atomic E-state index is -1.96. The molecule has 6 N–H and O–H groups in total. The summed E-state index contributed by atoms with van der Waals surface area (Å²) >= 11 is 3.38. The number of esters is 1. The van der Waals surface area contributed by atoms with Crippen LogP contribution in [0.4, 0.5) is 9.59 Å². The SMILES string of the molecule is CC[C@H]1OC(=O)[C@@H](C)[C@H](O[C@@H]2C[C@](C)(OC)[C@H](OC(=O)NNC(=O)/C=C/c3ccc(Br)cc3)[C@@H](C)O2)[C@H](C)[C@H](O[C@H]2O[C@@H](C)C[C@@H](N(C)C)[C@@H]2O)[C@@](C)(O)C[C@H](C)CN(C)[C@@H](C)[C@H](OC(=O)NCc2ccccc2)[C@@]1(C)O. The molecule has 0 aliphatic carbocycles. The highest BCUT2D eigenvalue weighted by Gasteiger charge is 2.54. The first-order valence-corrected chi connectivity index (χ1v) is 27.4. The lowest BCUT2D eigenvalue weighted by Gasteiger charge is -2.49. The number of hydrogen-bond donors (Lipinski definition) is 6. The van der Waals surface area contributed by atoms with Crippen LogP contribution in [-0.4, -0.2) is 174 Å². The highest BCUT2D eigenvalue weighted by molar-refractivity contribution is 9.10. The van der Waals surface area contributed by atoms with Crippen LogP contribution in [0.15, 0.2) is 65.1 Å². The number of cyclic esters (lactones) is 1. The molecule has 77 heavy (non-hydrogen) atoms. The minimum Gasteiger partial charge on any atom is -0.459 e. The molecule has 0 aromatic heterocycles. The van der Waals surface area contributed by atoms with E-state index in [4.69, 9.17) is 37.9 Å². The summed E-state index contributed by atoms with van der Waals surface area (Å²) in [5.41, 5.74) is 1.25. The number of halogens is 1. The molecule has 2 aromatic carbocycles. The average molecular weight is 1150 g/mol. The predicted molar refractivity (Wildman–Crippen MR) is 290 cm³/mol. The minimum absolute atomic E-state index is 0.0492. The number of carbonyl (C=O) groups excluding carboxylic acids is 4. The van der Waals surface area contributed by atoms with E-state index >= 15 is 0 Å². The zero-order valence-electron chi connectivity index (χ0n) is 47.3.